The Bertz CT molecular complexity index is 1150. The van der Waals surface area contributed by atoms with Crippen molar-refractivity contribution in [2.45, 2.75) is 116 Å². The summed E-state index contributed by atoms with van der Waals surface area (Å²) in [5, 5.41) is 14.5. The Hall–Kier alpha value is -3.40. The normalized spacial score (nSPS) is 16.4. The molecule has 0 radical (unpaired) electrons. The first-order chi connectivity index (χ1) is 21.6. The number of rotatable bonds is 17. The molecular formula is C35H55N5O5. The van der Waals surface area contributed by atoms with Crippen molar-refractivity contribution < 1.29 is 24.2 Å². The Labute approximate surface area is 269 Å². The highest BCUT2D eigenvalue weighted by atomic mass is 16.6. The second-order valence-corrected chi connectivity index (χ2v) is 12.9. The number of carbonyl (C=O) groups is 3. The van der Waals surface area contributed by atoms with E-state index < -0.39 is 36.3 Å². The topological polar surface area (TPSA) is 128 Å². The molecule has 1 saturated carbocycles. The molecule has 250 valence electrons. The number of benzene rings is 1. The minimum absolute atomic E-state index is 0.165. The second-order valence-electron chi connectivity index (χ2n) is 12.9. The molecule has 3 N–H and O–H groups in total. The van der Waals surface area contributed by atoms with Crippen LogP contribution in [-0.4, -0.2) is 87.2 Å². The van der Waals surface area contributed by atoms with Gasteiger partial charge in [-0.15, -0.1) is 0 Å². The number of imidazole rings is 1. The maximum absolute atomic E-state index is 14.1. The van der Waals surface area contributed by atoms with Crippen LogP contribution in [-0.2, 0) is 27.2 Å². The average molecular weight is 626 g/mol. The van der Waals surface area contributed by atoms with Crippen molar-refractivity contribution in [2.24, 2.45) is 11.8 Å². The van der Waals surface area contributed by atoms with Crippen LogP contribution >= 0.6 is 0 Å². The van der Waals surface area contributed by atoms with Crippen molar-refractivity contribution in [3.8, 4) is 0 Å². The number of aromatic nitrogens is 2. The summed E-state index contributed by atoms with van der Waals surface area (Å²) in [5.74, 6) is 0.0464. The molecule has 10 nitrogen and oxygen atoms in total. The Morgan fingerprint density at radius 1 is 1.04 bits per heavy atom. The first-order valence-corrected chi connectivity index (χ1v) is 16.8. The lowest BCUT2D eigenvalue weighted by Gasteiger charge is -2.34. The molecular weight excluding hydrogens is 570 g/mol. The molecule has 0 bridgehead atoms. The van der Waals surface area contributed by atoms with E-state index in [1.165, 1.54) is 35.4 Å². The maximum atomic E-state index is 14.1. The van der Waals surface area contributed by atoms with Crippen molar-refractivity contribution >= 4 is 17.9 Å². The van der Waals surface area contributed by atoms with Crippen molar-refractivity contribution in [3.63, 3.8) is 0 Å². The standard InChI is InChI=1S/C35H55N5O5/c1-6-40(7-2)35(44)45-32(21-27-16-12-9-13-17-27)34(43)39(5)30(22-28-23-36-24-37-28)33(42)38-29(31(41)19-18-25(3)4)20-26-14-10-8-11-15-26/h9,12-13,16-17,23-26,29-32,41H,6-8,10-11,14-15,18-22H2,1-5H3,(H,36,37)(H,38,42)/t29-,30-,31-,32-/m0/s1. The van der Waals surface area contributed by atoms with Gasteiger partial charge in [-0.1, -0.05) is 76.3 Å². The van der Waals surface area contributed by atoms with E-state index in [2.05, 4.69) is 29.1 Å². The highest BCUT2D eigenvalue weighted by Gasteiger charge is 2.36. The van der Waals surface area contributed by atoms with E-state index in [9.17, 15) is 19.5 Å². The van der Waals surface area contributed by atoms with Gasteiger partial charge in [-0.3, -0.25) is 9.59 Å². The van der Waals surface area contributed by atoms with Gasteiger partial charge in [-0.25, -0.2) is 9.78 Å². The summed E-state index contributed by atoms with van der Waals surface area (Å²) in [4.78, 5) is 51.5. The van der Waals surface area contributed by atoms with Crippen LogP contribution in [0.3, 0.4) is 0 Å². The Morgan fingerprint density at radius 2 is 1.73 bits per heavy atom. The van der Waals surface area contributed by atoms with Crippen LogP contribution < -0.4 is 5.32 Å². The number of nitrogens with one attached hydrogen (secondary N) is 2. The van der Waals surface area contributed by atoms with E-state index in [-0.39, 0.29) is 18.7 Å². The molecule has 3 amide bonds. The number of ether oxygens (including phenoxy) is 1. The number of hydrogen-bond donors (Lipinski definition) is 3. The number of nitrogens with zero attached hydrogens (tertiary/aromatic N) is 3. The van der Waals surface area contributed by atoms with Crippen molar-refractivity contribution in [3.05, 3.63) is 54.1 Å². The van der Waals surface area contributed by atoms with Crippen LogP contribution in [0, 0.1) is 11.8 Å². The molecule has 1 aromatic carbocycles. The molecule has 0 unspecified atom stereocenters. The summed E-state index contributed by atoms with van der Waals surface area (Å²) < 4.78 is 5.82. The Morgan fingerprint density at radius 3 is 2.33 bits per heavy atom. The van der Waals surface area contributed by atoms with Gasteiger partial charge in [0.25, 0.3) is 5.91 Å². The largest absolute Gasteiger partial charge is 0.436 e. The molecule has 1 heterocycles. The molecule has 1 aliphatic carbocycles. The van der Waals surface area contributed by atoms with E-state index in [0.29, 0.717) is 43.5 Å². The molecule has 0 saturated heterocycles. The molecule has 4 atom stereocenters. The quantitative estimate of drug-likeness (QED) is 0.224. The van der Waals surface area contributed by atoms with Crippen molar-refractivity contribution in [1.82, 2.24) is 25.1 Å². The number of aromatic amines is 1. The smallest absolute Gasteiger partial charge is 0.410 e. The molecule has 1 fully saturated rings. The third kappa shape index (κ3) is 11.5. The number of H-pyrrole nitrogens is 1. The zero-order valence-corrected chi connectivity index (χ0v) is 27.9. The lowest BCUT2D eigenvalue weighted by molar-refractivity contribution is -0.146. The summed E-state index contributed by atoms with van der Waals surface area (Å²) >= 11 is 0. The van der Waals surface area contributed by atoms with Gasteiger partial charge in [0, 0.05) is 39.2 Å². The zero-order chi connectivity index (χ0) is 32.8. The number of likely N-dealkylation sites (N-methyl/N-ethyl adjacent to an activating group) is 1. The first kappa shape index (κ1) is 36.1. The number of aliphatic hydroxyl groups is 1. The summed E-state index contributed by atoms with van der Waals surface area (Å²) in [5.41, 5.74) is 1.46. The summed E-state index contributed by atoms with van der Waals surface area (Å²) in [7, 11) is 1.58. The monoisotopic (exact) mass is 625 g/mol. The van der Waals surface area contributed by atoms with Crippen molar-refractivity contribution in [1.29, 1.82) is 0 Å². The first-order valence-electron chi connectivity index (χ1n) is 16.8. The number of amides is 3. The molecule has 3 rings (SSSR count). The highest BCUT2D eigenvalue weighted by molar-refractivity contribution is 5.90. The predicted molar refractivity (Wildman–Crippen MR) is 175 cm³/mol. The Balaban J connectivity index is 1.87. The van der Waals surface area contributed by atoms with Crippen LogP contribution in [0.15, 0.2) is 42.9 Å². The third-order valence-electron chi connectivity index (χ3n) is 9.02. The van der Waals surface area contributed by atoms with E-state index in [4.69, 9.17) is 4.74 Å². The predicted octanol–water partition coefficient (Wildman–Crippen LogP) is 5.12. The molecule has 0 aliphatic heterocycles. The molecule has 1 aliphatic rings. The van der Waals surface area contributed by atoms with Crippen LogP contribution in [0.1, 0.15) is 90.3 Å². The van der Waals surface area contributed by atoms with E-state index in [1.54, 1.807) is 13.2 Å². The van der Waals surface area contributed by atoms with Gasteiger partial charge in [-0.2, -0.15) is 0 Å². The minimum atomic E-state index is -1.13. The Kier molecular flexibility index (Phi) is 14.9. The maximum Gasteiger partial charge on any atom is 0.410 e. The fourth-order valence-electron chi connectivity index (χ4n) is 6.15. The van der Waals surface area contributed by atoms with Crippen LogP contribution in [0.25, 0.3) is 0 Å². The molecule has 45 heavy (non-hydrogen) atoms. The lowest BCUT2D eigenvalue weighted by atomic mass is 9.83. The van der Waals surface area contributed by atoms with Crippen LogP contribution in [0.5, 0.6) is 0 Å². The lowest BCUT2D eigenvalue weighted by Crippen LogP contribution is -2.56. The summed E-state index contributed by atoms with van der Waals surface area (Å²) in [6.45, 7) is 8.86. The average Bonchev–Trinajstić information content (AvgIpc) is 3.56. The number of carbonyl (C=O) groups excluding carboxylic acids is 3. The van der Waals surface area contributed by atoms with Gasteiger partial charge in [0.1, 0.15) is 6.04 Å². The molecule has 0 spiro atoms. The molecule has 10 heteroatoms. The zero-order valence-electron chi connectivity index (χ0n) is 27.9. The highest BCUT2D eigenvalue weighted by Crippen LogP contribution is 2.29. The van der Waals surface area contributed by atoms with Gasteiger partial charge in [0.05, 0.1) is 24.2 Å². The van der Waals surface area contributed by atoms with E-state index >= 15 is 0 Å². The second kappa shape index (κ2) is 18.5. The third-order valence-corrected chi connectivity index (χ3v) is 9.02. The fraction of sp³-hybridized carbons (Fsp3) is 0.657. The van der Waals surface area contributed by atoms with Crippen LogP contribution in [0.4, 0.5) is 4.79 Å². The number of hydrogen-bond acceptors (Lipinski definition) is 6. The van der Waals surface area contributed by atoms with Crippen LogP contribution in [0.2, 0.25) is 0 Å². The summed E-state index contributed by atoms with van der Waals surface area (Å²) in [6.07, 6.45) is 9.09. The number of aliphatic hydroxyl groups excluding tert-OH is 1. The van der Waals surface area contributed by atoms with Gasteiger partial charge in [0.15, 0.2) is 6.10 Å². The van der Waals surface area contributed by atoms with E-state index in [1.807, 2.05) is 44.2 Å². The van der Waals surface area contributed by atoms with Gasteiger partial charge < -0.3 is 29.9 Å². The van der Waals surface area contributed by atoms with Gasteiger partial charge in [-0.05, 0) is 50.5 Å². The van der Waals surface area contributed by atoms with Gasteiger partial charge in [0.2, 0.25) is 5.91 Å². The molecule has 2 aromatic rings. The molecule has 1 aromatic heterocycles. The SMILES string of the molecule is CCN(CC)C(=O)O[C@@H](Cc1ccccc1)C(=O)N(C)[C@@H](Cc1c[nH]cn1)C(=O)N[C@@H](CC1CCCCC1)[C@@H](O)CCC(C)C. The van der Waals surface area contributed by atoms with E-state index in [0.717, 1.165) is 24.8 Å². The van der Waals surface area contributed by atoms with Gasteiger partial charge >= 0.3 is 6.09 Å². The fourth-order valence-corrected chi connectivity index (χ4v) is 6.15. The minimum Gasteiger partial charge on any atom is -0.436 e. The summed E-state index contributed by atoms with van der Waals surface area (Å²) in [6, 6.07) is 8.04. The van der Waals surface area contributed by atoms with Crippen molar-refractivity contribution in [2.75, 3.05) is 20.1 Å².